The first-order valence-electron chi connectivity index (χ1n) is 6.82. The van der Waals surface area contributed by atoms with Crippen LogP contribution in [0, 0.1) is 0 Å². The summed E-state index contributed by atoms with van der Waals surface area (Å²) in [6.45, 7) is 1.89. The molecule has 1 aromatic carbocycles. The van der Waals surface area contributed by atoms with Gasteiger partial charge in [0, 0.05) is 17.3 Å². The monoisotopic (exact) mass is 285 g/mol. The van der Waals surface area contributed by atoms with E-state index in [4.69, 9.17) is 9.52 Å². The fourth-order valence-electron chi connectivity index (χ4n) is 2.37. The maximum Gasteiger partial charge on any atom is 0.323 e. The standard InChI is InChI=1S/C15H15N3O3/c1-2-5-13-16-17-15(21-13)12-8-10-6-3-4-7-11(10)18(12)9-14(19)20/h3-4,6-8H,2,5,9H2,1H3,(H,19,20). The minimum absolute atomic E-state index is 0.145. The molecule has 0 aliphatic carbocycles. The Morgan fingerprint density at radius 2 is 2.14 bits per heavy atom. The molecule has 0 radical (unpaired) electrons. The number of benzene rings is 1. The molecule has 1 N–H and O–H groups in total. The molecule has 3 aromatic rings. The molecule has 0 saturated carbocycles. The highest BCUT2D eigenvalue weighted by Gasteiger charge is 2.17. The molecule has 0 bridgehead atoms. The Bertz CT molecular complexity index is 788. The average molecular weight is 285 g/mol. The lowest BCUT2D eigenvalue weighted by molar-refractivity contribution is -0.137. The lowest BCUT2D eigenvalue weighted by Crippen LogP contribution is -2.09. The number of aryl methyl sites for hydroxylation is 1. The number of hydrogen-bond donors (Lipinski definition) is 1. The zero-order valence-corrected chi connectivity index (χ0v) is 11.6. The van der Waals surface area contributed by atoms with Crippen LogP contribution in [0.5, 0.6) is 0 Å². The summed E-state index contributed by atoms with van der Waals surface area (Å²) in [5.41, 5.74) is 1.47. The predicted octanol–water partition coefficient (Wildman–Crippen LogP) is 2.73. The van der Waals surface area contributed by atoms with E-state index in [1.807, 2.05) is 37.3 Å². The number of carbonyl (C=O) groups is 1. The van der Waals surface area contributed by atoms with Crippen LogP contribution in [0.15, 0.2) is 34.7 Å². The van der Waals surface area contributed by atoms with Gasteiger partial charge in [-0.3, -0.25) is 4.79 Å². The molecule has 0 aliphatic rings. The second-order valence-corrected chi connectivity index (χ2v) is 4.82. The van der Waals surface area contributed by atoms with Crippen molar-refractivity contribution in [1.29, 1.82) is 0 Å². The van der Waals surface area contributed by atoms with Gasteiger partial charge in [0.15, 0.2) is 0 Å². The maximum absolute atomic E-state index is 11.1. The summed E-state index contributed by atoms with van der Waals surface area (Å²) in [5.74, 6) is 0.0152. The zero-order valence-electron chi connectivity index (χ0n) is 11.6. The zero-order chi connectivity index (χ0) is 14.8. The van der Waals surface area contributed by atoms with Gasteiger partial charge in [-0.05, 0) is 18.6 Å². The van der Waals surface area contributed by atoms with Crippen LogP contribution in [0.25, 0.3) is 22.5 Å². The molecular formula is C15H15N3O3. The summed E-state index contributed by atoms with van der Waals surface area (Å²) in [5, 5.41) is 18.1. The van der Waals surface area contributed by atoms with E-state index in [0.717, 1.165) is 17.3 Å². The van der Waals surface area contributed by atoms with Crippen molar-refractivity contribution in [2.24, 2.45) is 0 Å². The number of hydrogen-bond acceptors (Lipinski definition) is 4. The summed E-state index contributed by atoms with van der Waals surface area (Å²) >= 11 is 0. The summed E-state index contributed by atoms with van der Waals surface area (Å²) < 4.78 is 7.31. The van der Waals surface area contributed by atoms with Gasteiger partial charge >= 0.3 is 5.97 Å². The summed E-state index contributed by atoms with van der Waals surface area (Å²) in [6.07, 6.45) is 1.63. The number of carboxylic acids is 1. The van der Waals surface area contributed by atoms with Gasteiger partial charge in [0.25, 0.3) is 5.89 Å². The largest absolute Gasteiger partial charge is 0.480 e. The first kappa shape index (κ1) is 13.4. The molecule has 0 unspecified atom stereocenters. The van der Waals surface area contributed by atoms with Crippen LogP contribution in [0.2, 0.25) is 0 Å². The number of nitrogens with zero attached hydrogens (tertiary/aromatic N) is 3. The topological polar surface area (TPSA) is 81.2 Å². The molecule has 0 aliphatic heterocycles. The van der Waals surface area contributed by atoms with Crippen LogP contribution >= 0.6 is 0 Å². The molecule has 6 nitrogen and oxygen atoms in total. The predicted molar refractivity (Wildman–Crippen MR) is 76.9 cm³/mol. The van der Waals surface area contributed by atoms with Gasteiger partial charge in [0.2, 0.25) is 5.89 Å². The van der Waals surface area contributed by atoms with Crippen LogP contribution in [0.4, 0.5) is 0 Å². The van der Waals surface area contributed by atoms with Crippen molar-refractivity contribution in [1.82, 2.24) is 14.8 Å². The van der Waals surface area contributed by atoms with Gasteiger partial charge in [0.05, 0.1) is 0 Å². The van der Waals surface area contributed by atoms with Gasteiger partial charge in [-0.1, -0.05) is 25.1 Å². The number of aromatic nitrogens is 3. The Morgan fingerprint density at radius 3 is 2.90 bits per heavy atom. The van der Waals surface area contributed by atoms with Crippen molar-refractivity contribution in [3.8, 4) is 11.6 Å². The highest BCUT2D eigenvalue weighted by molar-refractivity contribution is 5.87. The smallest absolute Gasteiger partial charge is 0.323 e. The van der Waals surface area contributed by atoms with E-state index in [0.29, 0.717) is 23.9 Å². The molecule has 0 atom stereocenters. The van der Waals surface area contributed by atoms with E-state index in [1.54, 1.807) is 4.57 Å². The van der Waals surface area contributed by atoms with Crippen molar-refractivity contribution >= 4 is 16.9 Å². The van der Waals surface area contributed by atoms with E-state index in [9.17, 15) is 4.79 Å². The lowest BCUT2D eigenvalue weighted by atomic mass is 10.2. The Hall–Kier alpha value is -2.63. The lowest BCUT2D eigenvalue weighted by Gasteiger charge is -2.04. The van der Waals surface area contributed by atoms with Crippen molar-refractivity contribution in [2.45, 2.75) is 26.3 Å². The molecule has 108 valence electrons. The van der Waals surface area contributed by atoms with Crippen molar-refractivity contribution in [2.75, 3.05) is 0 Å². The van der Waals surface area contributed by atoms with Crippen LogP contribution in [0.1, 0.15) is 19.2 Å². The third-order valence-corrected chi connectivity index (χ3v) is 3.25. The number of carboxylic acid groups (broad SMARTS) is 1. The molecule has 0 saturated heterocycles. The summed E-state index contributed by atoms with van der Waals surface area (Å²) in [6, 6.07) is 9.47. The van der Waals surface area contributed by atoms with Crippen LogP contribution in [-0.4, -0.2) is 25.8 Å². The van der Waals surface area contributed by atoms with E-state index in [2.05, 4.69) is 10.2 Å². The quantitative estimate of drug-likeness (QED) is 0.779. The third kappa shape index (κ3) is 2.52. The van der Waals surface area contributed by atoms with Crippen molar-refractivity contribution in [3.05, 3.63) is 36.2 Å². The number of fused-ring (bicyclic) bond motifs is 1. The maximum atomic E-state index is 11.1. The van der Waals surface area contributed by atoms with Gasteiger partial charge < -0.3 is 14.1 Å². The van der Waals surface area contributed by atoms with Gasteiger partial charge in [-0.25, -0.2) is 0 Å². The minimum Gasteiger partial charge on any atom is -0.480 e. The number of aliphatic carboxylic acids is 1. The van der Waals surface area contributed by atoms with Gasteiger partial charge in [-0.2, -0.15) is 0 Å². The van der Waals surface area contributed by atoms with Gasteiger partial charge in [0.1, 0.15) is 12.2 Å². The van der Waals surface area contributed by atoms with Crippen LogP contribution < -0.4 is 0 Å². The Labute approximate surface area is 121 Å². The fraction of sp³-hybridized carbons (Fsp3) is 0.267. The fourth-order valence-corrected chi connectivity index (χ4v) is 2.37. The van der Waals surface area contributed by atoms with E-state index in [1.165, 1.54) is 0 Å². The Morgan fingerprint density at radius 1 is 1.33 bits per heavy atom. The second-order valence-electron chi connectivity index (χ2n) is 4.82. The number of rotatable bonds is 5. The SMILES string of the molecule is CCCc1nnc(-c2cc3ccccc3n2CC(=O)O)o1. The molecule has 2 aromatic heterocycles. The van der Waals surface area contributed by atoms with E-state index in [-0.39, 0.29) is 6.54 Å². The van der Waals surface area contributed by atoms with E-state index >= 15 is 0 Å². The van der Waals surface area contributed by atoms with Crippen LogP contribution in [0.3, 0.4) is 0 Å². The molecule has 0 spiro atoms. The molecule has 0 fully saturated rings. The first-order chi connectivity index (χ1) is 10.2. The molecule has 6 heteroatoms. The highest BCUT2D eigenvalue weighted by Crippen LogP contribution is 2.27. The molecule has 2 heterocycles. The second kappa shape index (κ2) is 5.40. The highest BCUT2D eigenvalue weighted by atomic mass is 16.4. The van der Waals surface area contributed by atoms with Crippen molar-refractivity contribution in [3.63, 3.8) is 0 Å². The molecule has 21 heavy (non-hydrogen) atoms. The molecule has 3 rings (SSSR count). The van der Waals surface area contributed by atoms with Crippen molar-refractivity contribution < 1.29 is 14.3 Å². The third-order valence-electron chi connectivity index (χ3n) is 3.25. The summed E-state index contributed by atoms with van der Waals surface area (Å²) in [7, 11) is 0. The normalized spacial score (nSPS) is 11.1. The minimum atomic E-state index is -0.911. The van der Waals surface area contributed by atoms with Crippen LogP contribution in [-0.2, 0) is 17.8 Å². The molecule has 0 amide bonds. The van der Waals surface area contributed by atoms with Gasteiger partial charge in [-0.15, -0.1) is 10.2 Å². The Balaban J connectivity index is 2.13. The first-order valence-corrected chi connectivity index (χ1v) is 6.82. The average Bonchev–Trinajstić information content (AvgIpc) is 3.04. The summed E-state index contributed by atoms with van der Waals surface area (Å²) in [4.78, 5) is 11.1. The Kier molecular flexibility index (Phi) is 3.43. The molecular weight excluding hydrogens is 270 g/mol. The van der Waals surface area contributed by atoms with E-state index < -0.39 is 5.97 Å². The number of para-hydroxylation sites is 1.